The van der Waals surface area contributed by atoms with Crippen molar-refractivity contribution in [1.82, 2.24) is 0 Å². The third-order valence-corrected chi connectivity index (χ3v) is 3.33. The molecule has 1 heterocycles. The average Bonchev–Trinajstić information content (AvgIpc) is 2.61. The number of fused-ring (bicyclic) bond motifs is 1. The molecular formula is C9H10S. The second-order valence-corrected chi connectivity index (χ2v) is 3.92. The fourth-order valence-corrected chi connectivity index (χ4v) is 2.26. The van der Waals surface area contributed by atoms with Crippen molar-refractivity contribution < 1.29 is 0 Å². The number of rotatable bonds is 0. The van der Waals surface area contributed by atoms with Crippen LogP contribution in [0.3, 0.4) is 0 Å². The van der Waals surface area contributed by atoms with Gasteiger partial charge in [-0.05, 0) is 37.5 Å². The van der Waals surface area contributed by atoms with E-state index in [0.717, 1.165) is 0 Å². The Morgan fingerprint density at radius 1 is 1.00 bits per heavy atom. The summed E-state index contributed by atoms with van der Waals surface area (Å²) in [4.78, 5) is 3.04. The minimum Gasteiger partial charge on any atom is -0.0871 e. The fourth-order valence-electron chi connectivity index (χ4n) is 1.26. The van der Waals surface area contributed by atoms with E-state index in [9.17, 15) is 0 Å². The second-order valence-electron chi connectivity index (χ2n) is 2.90. The molecule has 0 atom stereocenters. The Kier molecular flexibility index (Phi) is 1.13. The summed E-state index contributed by atoms with van der Waals surface area (Å²) in [5.74, 6) is 0. The van der Waals surface area contributed by atoms with Gasteiger partial charge in [-0.3, -0.25) is 0 Å². The second kappa shape index (κ2) is 1.79. The van der Waals surface area contributed by atoms with Crippen molar-refractivity contribution in [3.8, 4) is 0 Å². The third kappa shape index (κ3) is 0.702. The molecule has 0 fully saturated rings. The van der Waals surface area contributed by atoms with Gasteiger partial charge in [-0.15, -0.1) is 0 Å². The van der Waals surface area contributed by atoms with Crippen molar-refractivity contribution in [2.75, 3.05) is 0 Å². The first-order valence-corrected chi connectivity index (χ1v) is 4.30. The average molecular weight is 150 g/mol. The standard InChI is InChI=1S/C9H10S/c1-5-4-6(2)8-9(10-8)7(5)3/h4H,1-3H3. The highest BCUT2D eigenvalue weighted by Crippen LogP contribution is 2.53. The van der Waals surface area contributed by atoms with Crippen molar-refractivity contribution in [2.24, 2.45) is 0 Å². The summed E-state index contributed by atoms with van der Waals surface area (Å²) >= 11 is 1.93. The molecule has 1 heteroatoms. The minimum atomic E-state index is 1.43. The molecule has 0 saturated carbocycles. The van der Waals surface area contributed by atoms with E-state index < -0.39 is 0 Å². The maximum atomic E-state index is 2.27. The smallest absolute Gasteiger partial charge is 0.0297 e. The summed E-state index contributed by atoms with van der Waals surface area (Å²) in [6.07, 6.45) is 0. The van der Waals surface area contributed by atoms with Crippen LogP contribution in [-0.2, 0) is 0 Å². The predicted octanol–water partition coefficient (Wildman–Crippen LogP) is 3.08. The van der Waals surface area contributed by atoms with Crippen LogP contribution in [0.5, 0.6) is 0 Å². The Morgan fingerprint density at radius 2 is 1.70 bits per heavy atom. The molecule has 0 nitrogen and oxygen atoms in total. The Morgan fingerprint density at radius 3 is 2.40 bits per heavy atom. The first-order valence-electron chi connectivity index (χ1n) is 3.49. The normalized spacial score (nSPS) is 13.1. The lowest BCUT2D eigenvalue weighted by Crippen LogP contribution is -1.79. The van der Waals surface area contributed by atoms with E-state index in [1.807, 2.05) is 11.8 Å². The van der Waals surface area contributed by atoms with Gasteiger partial charge in [-0.25, -0.2) is 0 Å². The van der Waals surface area contributed by atoms with E-state index >= 15 is 0 Å². The van der Waals surface area contributed by atoms with Gasteiger partial charge < -0.3 is 0 Å². The highest BCUT2D eigenvalue weighted by atomic mass is 32.2. The third-order valence-electron chi connectivity index (χ3n) is 2.09. The van der Waals surface area contributed by atoms with Gasteiger partial charge in [0.2, 0.25) is 0 Å². The number of aryl methyl sites for hydroxylation is 2. The van der Waals surface area contributed by atoms with Gasteiger partial charge in [0.25, 0.3) is 0 Å². The molecule has 0 bridgehead atoms. The van der Waals surface area contributed by atoms with Crippen molar-refractivity contribution in [2.45, 2.75) is 30.6 Å². The predicted molar refractivity (Wildman–Crippen MR) is 44.8 cm³/mol. The Hall–Kier alpha value is -0.430. The molecular weight excluding hydrogens is 140 g/mol. The lowest BCUT2D eigenvalue weighted by atomic mass is 10.1. The summed E-state index contributed by atoms with van der Waals surface area (Å²) in [5, 5.41) is 0. The van der Waals surface area contributed by atoms with Gasteiger partial charge in [0.05, 0.1) is 0 Å². The quantitative estimate of drug-likeness (QED) is 0.520. The summed E-state index contributed by atoms with van der Waals surface area (Å²) < 4.78 is 0. The van der Waals surface area contributed by atoms with Gasteiger partial charge >= 0.3 is 0 Å². The first-order chi connectivity index (χ1) is 4.70. The molecule has 0 N–H and O–H groups in total. The molecule has 52 valence electrons. The van der Waals surface area contributed by atoms with E-state index in [4.69, 9.17) is 0 Å². The van der Waals surface area contributed by atoms with E-state index in [0.29, 0.717) is 0 Å². The molecule has 0 spiro atoms. The van der Waals surface area contributed by atoms with Gasteiger partial charge in [-0.1, -0.05) is 17.8 Å². The number of benzene rings is 1. The summed E-state index contributed by atoms with van der Waals surface area (Å²) in [7, 11) is 0. The van der Waals surface area contributed by atoms with Gasteiger partial charge in [-0.2, -0.15) is 0 Å². The van der Waals surface area contributed by atoms with Crippen molar-refractivity contribution in [3.05, 3.63) is 22.8 Å². The summed E-state index contributed by atoms with van der Waals surface area (Å²) in [6.45, 7) is 6.57. The highest BCUT2D eigenvalue weighted by molar-refractivity contribution is 8.05. The van der Waals surface area contributed by atoms with E-state index in [1.54, 1.807) is 0 Å². The molecule has 0 saturated heterocycles. The minimum absolute atomic E-state index is 1.43. The Balaban J connectivity index is 2.71. The zero-order valence-corrected chi connectivity index (χ0v) is 7.30. The molecule has 0 amide bonds. The molecule has 1 aromatic rings. The Labute approximate surface area is 65.6 Å². The van der Waals surface area contributed by atoms with Crippen LogP contribution in [0.15, 0.2) is 15.9 Å². The molecule has 2 rings (SSSR count). The SMILES string of the molecule is Cc1cc(C)c2c(c1C)S2. The topological polar surface area (TPSA) is 0 Å². The van der Waals surface area contributed by atoms with Crippen LogP contribution in [-0.4, -0.2) is 0 Å². The van der Waals surface area contributed by atoms with Crippen LogP contribution in [0.25, 0.3) is 0 Å². The fraction of sp³-hybridized carbons (Fsp3) is 0.333. The lowest BCUT2D eigenvalue weighted by Gasteiger charge is -1.96. The van der Waals surface area contributed by atoms with Crippen molar-refractivity contribution in [3.63, 3.8) is 0 Å². The zero-order chi connectivity index (χ0) is 7.30. The maximum Gasteiger partial charge on any atom is 0.0297 e. The number of hydrogen-bond donors (Lipinski definition) is 0. The molecule has 0 unspecified atom stereocenters. The molecule has 1 aliphatic rings. The van der Waals surface area contributed by atoms with Gasteiger partial charge in [0.1, 0.15) is 0 Å². The van der Waals surface area contributed by atoms with Crippen LogP contribution in [0.4, 0.5) is 0 Å². The van der Waals surface area contributed by atoms with Crippen LogP contribution >= 0.6 is 11.8 Å². The van der Waals surface area contributed by atoms with Crippen molar-refractivity contribution >= 4 is 11.8 Å². The lowest BCUT2D eigenvalue weighted by molar-refractivity contribution is 1.15. The van der Waals surface area contributed by atoms with Gasteiger partial charge in [0, 0.05) is 9.79 Å². The van der Waals surface area contributed by atoms with E-state index in [1.165, 1.54) is 26.5 Å². The van der Waals surface area contributed by atoms with E-state index in [-0.39, 0.29) is 0 Å². The van der Waals surface area contributed by atoms with E-state index in [2.05, 4.69) is 26.8 Å². The van der Waals surface area contributed by atoms with Crippen molar-refractivity contribution in [1.29, 1.82) is 0 Å². The zero-order valence-electron chi connectivity index (χ0n) is 6.49. The van der Waals surface area contributed by atoms with Crippen LogP contribution < -0.4 is 0 Å². The molecule has 1 aromatic carbocycles. The van der Waals surface area contributed by atoms with Crippen LogP contribution in [0.2, 0.25) is 0 Å². The monoisotopic (exact) mass is 150 g/mol. The molecule has 0 aromatic heterocycles. The largest absolute Gasteiger partial charge is 0.0871 e. The summed E-state index contributed by atoms with van der Waals surface area (Å²) in [5.41, 5.74) is 4.36. The molecule has 10 heavy (non-hydrogen) atoms. The molecule has 0 radical (unpaired) electrons. The molecule has 0 aliphatic carbocycles. The van der Waals surface area contributed by atoms with Gasteiger partial charge in [0.15, 0.2) is 0 Å². The summed E-state index contributed by atoms with van der Waals surface area (Å²) in [6, 6.07) is 2.27. The Bertz CT molecular complexity index is 296. The maximum absolute atomic E-state index is 2.27. The number of hydrogen-bond acceptors (Lipinski definition) is 1. The molecule has 1 aliphatic heterocycles. The van der Waals surface area contributed by atoms with Crippen LogP contribution in [0.1, 0.15) is 16.7 Å². The first kappa shape index (κ1) is 6.29. The van der Waals surface area contributed by atoms with Crippen LogP contribution in [0, 0.1) is 20.8 Å². The highest BCUT2D eigenvalue weighted by Gasteiger charge is 2.23.